The maximum Gasteiger partial charge on any atom is 0.126 e. The minimum atomic E-state index is -0.553. The van der Waals surface area contributed by atoms with Crippen LogP contribution in [0.4, 0.5) is 8.78 Å². The second kappa shape index (κ2) is 7.85. The van der Waals surface area contributed by atoms with Crippen LogP contribution >= 0.6 is 0 Å². The van der Waals surface area contributed by atoms with Crippen LogP contribution in [-0.4, -0.2) is 24.0 Å². The zero-order chi connectivity index (χ0) is 15.2. The molecule has 2 nitrogen and oxygen atoms in total. The third-order valence-electron chi connectivity index (χ3n) is 4.41. The van der Waals surface area contributed by atoms with E-state index >= 15 is 0 Å². The first-order valence-corrected chi connectivity index (χ1v) is 8.05. The number of likely N-dealkylation sites (tertiary alicyclic amines) is 1. The molecule has 0 bridgehead atoms. The van der Waals surface area contributed by atoms with Gasteiger partial charge in [-0.3, -0.25) is 0 Å². The molecule has 2 unspecified atom stereocenters. The van der Waals surface area contributed by atoms with Crippen molar-refractivity contribution in [2.75, 3.05) is 13.1 Å². The summed E-state index contributed by atoms with van der Waals surface area (Å²) in [5.41, 5.74) is 6.66. The number of halogens is 2. The van der Waals surface area contributed by atoms with E-state index in [1.54, 1.807) is 0 Å². The van der Waals surface area contributed by atoms with Crippen LogP contribution in [0.25, 0.3) is 0 Å². The molecule has 0 radical (unpaired) electrons. The Balaban J connectivity index is 1.91. The fourth-order valence-corrected chi connectivity index (χ4v) is 3.28. The third-order valence-corrected chi connectivity index (χ3v) is 4.41. The lowest BCUT2D eigenvalue weighted by molar-refractivity contribution is 0.135. The molecule has 0 spiro atoms. The first-order chi connectivity index (χ1) is 10.1. The lowest BCUT2D eigenvalue weighted by Crippen LogP contribution is -2.40. The van der Waals surface area contributed by atoms with Crippen molar-refractivity contribution in [3.05, 3.63) is 35.4 Å². The van der Waals surface area contributed by atoms with Crippen molar-refractivity contribution in [1.29, 1.82) is 0 Å². The van der Waals surface area contributed by atoms with Gasteiger partial charge in [-0.1, -0.05) is 19.8 Å². The second-order valence-corrected chi connectivity index (χ2v) is 6.07. The van der Waals surface area contributed by atoms with E-state index in [4.69, 9.17) is 5.73 Å². The SMILES string of the molecule is CCCC1CCCCN1CCC(N)c1cc(F)cc(F)c1. The number of rotatable bonds is 6. The molecule has 2 atom stereocenters. The van der Waals surface area contributed by atoms with Crippen LogP contribution in [-0.2, 0) is 0 Å². The molecule has 1 aromatic rings. The summed E-state index contributed by atoms with van der Waals surface area (Å²) in [6, 6.07) is 3.92. The summed E-state index contributed by atoms with van der Waals surface area (Å²) in [5.74, 6) is -1.11. The van der Waals surface area contributed by atoms with E-state index in [2.05, 4.69) is 11.8 Å². The van der Waals surface area contributed by atoms with E-state index in [-0.39, 0.29) is 6.04 Å². The van der Waals surface area contributed by atoms with Gasteiger partial charge in [0.2, 0.25) is 0 Å². The Bertz CT molecular complexity index is 428. The number of benzene rings is 1. The minimum absolute atomic E-state index is 0.306. The van der Waals surface area contributed by atoms with E-state index < -0.39 is 11.6 Å². The molecule has 0 saturated carbocycles. The molecular formula is C17H26F2N2. The monoisotopic (exact) mass is 296 g/mol. The first kappa shape index (κ1) is 16.4. The largest absolute Gasteiger partial charge is 0.324 e. The molecule has 21 heavy (non-hydrogen) atoms. The van der Waals surface area contributed by atoms with Crippen LogP contribution in [0.5, 0.6) is 0 Å². The summed E-state index contributed by atoms with van der Waals surface area (Å²) in [6.07, 6.45) is 6.97. The predicted octanol–water partition coefficient (Wildman–Crippen LogP) is 4.01. The highest BCUT2D eigenvalue weighted by molar-refractivity contribution is 5.21. The van der Waals surface area contributed by atoms with Crippen molar-refractivity contribution < 1.29 is 8.78 Å². The predicted molar refractivity (Wildman–Crippen MR) is 82.0 cm³/mol. The summed E-state index contributed by atoms with van der Waals surface area (Å²) in [7, 11) is 0. The van der Waals surface area contributed by atoms with E-state index in [1.807, 2.05) is 0 Å². The van der Waals surface area contributed by atoms with Crippen molar-refractivity contribution in [2.24, 2.45) is 5.73 Å². The standard InChI is InChI=1S/C17H26F2N2/c1-2-5-16-6-3-4-8-21(16)9-7-17(20)13-10-14(18)12-15(19)11-13/h10-12,16-17H,2-9,20H2,1H3. The summed E-state index contributed by atoms with van der Waals surface area (Å²) in [6.45, 7) is 4.24. The smallest absolute Gasteiger partial charge is 0.126 e. The van der Waals surface area contributed by atoms with Crippen LogP contribution in [0.2, 0.25) is 0 Å². The Kier molecular flexibility index (Phi) is 6.12. The van der Waals surface area contributed by atoms with Crippen LogP contribution in [0.3, 0.4) is 0 Å². The van der Waals surface area contributed by atoms with Crippen LogP contribution in [0, 0.1) is 11.6 Å². The van der Waals surface area contributed by atoms with E-state index in [1.165, 1.54) is 44.2 Å². The molecule has 2 rings (SSSR count). The molecule has 1 fully saturated rings. The molecule has 0 amide bonds. The number of hydrogen-bond acceptors (Lipinski definition) is 2. The maximum atomic E-state index is 13.2. The first-order valence-electron chi connectivity index (χ1n) is 8.05. The number of nitrogens with zero attached hydrogens (tertiary/aromatic N) is 1. The van der Waals surface area contributed by atoms with Crippen molar-refractivity contribution in [1.82, 2.24) is 4.90 Å². The molecule has 1 aliphatic rings. The molecular weight excluding hydrogens is 270 g/mol. The average Bonchev–Trinajstić information content (AvgIpc) is 2.45. The maximum absolute atomic E-state index is 13.2. The zero-order valence-electron chi connectivity index (χ0n) is 12.8. The molecule has 1 aliphatic heterocycles. The quantitative estimate of drug-likeness (QED) is 0.859. The Morgan fingerprint density at radius 2 is 1.95 bits per heavy atom. The van der Waals surface area contributed by atoms with Gasteiger partial charge in [0.15, 0.2) is 0 Å². The fraction of sp³-hybridized carbons (Fsp3) is 0.647. The van der Waals surface area contributed by atoms with Gasteiger partial charge in [-0.2, -0.15) is 0 Å². The Hall–Kier alpha value is -1.00. The second-order valence-electron chi connectivity index (χ2n) is 6.07. The molecule has 2 N–H and O–H groups in total. The van der Waals surface area contributed by atoms with Crippen LogP contribution in [0.15, 0.2) is 18.2 Å². The molecule has 118 valence electrons. The summed E-state index contributed by atoms with van der Waals surface area (Å²) in [4.78, 5) is 2.50. The topological polar surface area (TPSA) is 29.3 Å². The number of nitrogens with two attached hydrogens (primary N) is 1. The van der Waals surface area contributed by atoms with Gasteiger partial charge in [0.05, 0.1) is 0 Å². The molecule has 0 aliphatic carbocycles. The Labute approximate surface area is 126 Å². The molecule has 1 heterocycles. The van der Waals surface area contributed by atoms with Crippen LogP contribution < -0.4 is 5.73 Å². The highest BCUT2D eigenvalue weighted by Gasteiger charge is 2.22. The van der Waals surface area contributed by atoms with Gasteiger partial charge in [-0.05, 0) is 49.9 Å². The minimum Gasteiger partial charge on any atom is -0.324 e. The van der Waals surface area contributed by atoms with Gasteiger partial charge in [-0.25, -0.2) is 8.78 Å². The van der Waals surface area contributed by atoms with Gasteiger partial charge in [0, 0.05) is 24.7 Å². The molecule has 0 aromatic heterocycles. The summed E-state index contributed by atoms with van der Waals surface area (Å²) >= 11 is 0. The fourth-order valence-electron chi connectivity index (χ4n) is 3.28. The van der Waals surface area contributed by atoms with E-state index in [0.717, 1.165) is 25.6 Å². The number of piperidine rings is 1. The van der Waals surface area contributed by atoms with E-state index in [0.29, 0.717) is 11.6 Å². The van der Waals surface area contributed by atoms with Crippen molar-refractivity contribution >= 4 is 0 Å². The van der Waals surface area contributed by atoms with Crippen molar-refractivity contribution in [2.45, 2.75) is 57.5 Å². The van der Waals surface area contributed by atoms with Gasteiger partial charge in [0.25, 0.3) is 0 Å². The van der Waals surface area contributed by atoms with E-state index in [9.17, 15) is 8.78 Å². The average molecular weight is 296 g/mol. The molecule has 4 heteroatoms. The highest BCUT2D eigenvalue weighted by Crippen LogP contribution is 2.23. The van der Waals surface area contributed by atoms with Gasteiger partial charge in [-0.15, -0.1) is 0 Å². The zero-order valence-corrected chi connectivity index (χ0v) is 12.8. The lowest BCUT2D eigenvalue weighted by Gasteiger charge is -2.36. The number of hydrogen-bond donors (Lipinski definition) is 1. The summed E-state index contributed by atoms with van der Waals surface area (Å²) < 4.78 is 26.5. The van der Waals surface area contributed by atoms with Gasteiger partial charge in [0.1, 0.15) is 11.6 Å². The lowest BCUT2D eigenvalue weighted by atomic mass is 9.97. The Morgan fingerprint density at radius 1 is 1.24 bits per heavy atom. The van der Waals surface area contributed by atoms with Crippen LogP contribution in [0.1, 0.15) is 57.1 Å². The van der Waals surface area contributed by atoms with Crippen molar-refractivity contribution in [3.63, 3.8) is 0 Å². The molecule has 1 saturated heterocycles. The highest BCUT2D eigenvalue weighted by atomic mass is 19.1. The summed E-state index contributed by atoms with van der Waals surface area (Å²) in [5, 5.41) is 0. The normalized spacial score (nSPS) is 21.4. The third kappa shape index (κ3) is 4.75. The molecule has 1 aromatic carbocycles. The van der Waals surface area contributed by atoms with Crippen molar-refractivity contribution in [3.8, 4) is 0 Å². The van der Waals surface area contributed by atoms with Gasteiger partial charge >= 0.3 is 0 Å². The van der Waals surface area contributed by atoms with Gasteiger partial charge < -0.3 is 10.6 Å². The Morgan fingerprint density at radius 3 is 2.62 bits per heavy atom.